The van der Waals surface area contributed by atoms with Crippen LogP contribution in [-0.4, -0.2) is 70.2 Å². The van der Waals surface area contributed by atoms with Crippen LogP contribution >= 0.6 is 11.6 Å². The van der Waals surface area contributed by atoms with Crippen LogP contribution in [0.25, 0.3) is 0 Å². The fourth-order valence-electron chi connectivity index (χ4n) is 8.04. The van der Waals surface area contributed by atoms with E-state index in [1.54, 1.807) is 0 Å². The Bertz CT molecular complexity index is 919. The highest BCUT2D eigenvalue weighted by Crippen LogP contribution is 2.42. The van der Waals surface area contributed by atoms with Gasteiger partial charge in [0.25, 0.3) is 5.91 Å². The lowest BCUT2D eigenvalue weighted by molar-refractivity contribution is -0.155. The zero-order valence-corrected chi connectivity index (χ0v) is 24.3. The van der Waals surface area contributed by atoms with Crippen LogP contribution < -0.4 is 11.1 Å². The monoisotopic (exact) mass is 560 g/mol. The number of carbonyl (C=O) groups is 2. The Morgan fingerprint density at radius 3 is 2.23 bits per heavy atom. The fraction of sp³-hybridized carbons (Fsp3) is 0.806. The van der Waals surface area contributed by atoms with E-state index in [-0.39, 0.29) is 35.3 Å². The number of aliphatic hydroxyl groups is 1. The van der Waals surface area contributed by atoms with Gasteiger partial charge in [-0.05, 0) is 101 Å². The number of hydrogen-bond acceptors (Lipinski definition) is 5. The number of allylic oxidation sites excluding steroid dienone is 3. The summed E-state index contributed by atoms with van der Waals surface area (Å²) in [6, 6.07) is 0. The van der Waals surface area contributed by atoms with Gasteiger partial charge in [0, 0.05) is 19.0 Å². The molecule has 0 aromatic heterocycles. The van der Waals surface area contributed by atoms with Gasteiger partial charge in [0.2, 0.25) is 5.91 Å². The Kier molecular flexibility index (Phi) is 9.74. The third-order valence-electron chi connectivity index (χ3n) is 10.5. The Morgan fingerprint density at radius 1 is 0.974 bits per heavy atom. The molecular formula is C31H49ClN4O3. The summed E-state index contributed by atoms with van der Waals surface area (Å²) in [7, 11) is 0. The van der Waals surface area contributed by atoms with Gasteiger partial charge >= 0.3 is 0 Å². The number of amides is 2. The van der Waals surface area contributed by atoms with E-state index in [1.807, 2.05) is 17.1 Å². The Balaban J connectivity index is 1.10. The molecule has 39 heavy (non-hydrogen) atoms. The number of nitrogens with zero attached hydrogens (tertiary/aromatic N) is 2. The minimum absolute atomic E-state index is 0.0288. The molecule has 4 fully saturated rings. The molecule has 0 radical (unpaired) electrons. The van der Waals surface area contributed by atoms with Crippen molar-refractivity contribution in [1.82, 2.24) is 15.1 Å². The van der Waals surface area contributed by atoms with Gasteiger partial charge in [0.05, 0.1) is 17.6 Å². The van der Waals surface area contributed by atoms with E-state index >= 15 is 0 Å². The molecular weight excluding hydrogens is 512 g/mol. The molecule has 3 saturated heterocycles. The van der Waals surface area contributed by atoms with Gasteiger partial charge in [-0.1, -0.05) is 37.5 Å². The highest BCUT2D eigenvalue weighted by atomic mass is 35.5. The molecule has 3 heterocycles. The van der Waals surface area contributed by atoms with Crippen molar-refractivity contribution in [3.63, 3.8) is 0 Å². The Hall–Kier alpha value is -1.41. The van der Waals surface area contributed by atoms with Crippen molar-refractivity contribution in [1.29, 1.82) is 0 Å². The lowest BCUT2D eigenvalue weighted by Gasteiger charge is -2.45. The molecule has 4 N–H and O–H groups in total. The van der Waals surface area contributed by atoms with Crippen LogP contribution in [0, 0.1) is 23.7 Å². The molecule has 3 aliphatic heterocycles. The molecule has 1 saturated carbocycles. The number of nitrogens with one attached hydrogen (secondary N) is 1. The van der Waals surface area contributed by atoms with Crippen LogP contribution in [0.3, 0.4) is 0 Å². The van der Waals surface area contributed by atoms with Crippen LogP contribution in [0.4, 0.5) is 0 Å². The maximum absolute atomic E-state index is 13.9. The van der Waals surface area contributed by atoms with Crippen LogP contribution in [-0.2, 0) is 9.59 Å². The number of piperidine rings is 3. The number of hydrogen-bond donors (Lipinski definition) is 3. The van der Waals surface area contributed by atoms with Crippen molar-refractivity contribution in [3.8, 4) is 0 Å². The summed E-state index contributed by atoms with van der Waals surface area (Å²) >= 11 is 6.41. The minimum Gasteiger partial charge on any atom is -0.375 e. The molecule has 7 nitrogen and oxygen atoms in total. The van der Waals surface area contributed by atoms with E-state index in [0.717, 1.165) is 102 Å². The predicted octanol–water partition coefficient (Wildman–Crippen LogP) is 4.29. The van der Waals surface area contributed by atoms with Crippen molar-refractivity contribution >= 4 is 23.4 Å². The number of rotatable bonds is 7. The largest absolute Gasteiger partial charge is 0.375 e. The quantitative estimate of drug-likeness (QED) is 0.319. The van der Waals surface area contributed by atoms with Gasteiger partial charge < -0.3 is 15.7 Å². The lowest BCUT2D eigenvalue weighted by atomic mass is 9.70. The molecule has 5 aliphatic rings. The van der Waals surface area contributed by atoms with Gasteiger partial charge in [-0.25, -0.2) is 0 Å². The van der Waals surface area contributed by atoms with Gasteiger partial charge in [-0.15, -0.1) is 11.6 Å². The second-order valence-electron chi connectivity index (χ2n) is 12.9. The third kappa shape index (κ3) is 6.58. The van der Waals surface area contributed by atoms with Crippen LogP contribution in [0.5, 0.6) is 0 Å². The number of alkyl halides is 1. The summed E-state index contributed by atoms with van der Waals surface area (Å²) in [6.07, 6.45) is 20.8. The molecule has 0 aromatic rings. The van der Waals surface area contributed by atoms with Crippen LogP contribution in [0.2, 0.25) is 0 Å². The molecule has 8 heteroatoms. The number of halogens is 1. The summed E-state index contributed by atoms with van der Waals surface area (Å²) in [5.41, 5.74) is 4.72. The standard InChI is InChI=1S/C31H49ClN4O3/c32-28-26(29(33)37)11-12-27(34-28)35-17-13-22(14-18-35)21-23-15-19-36(20-16-23)30(38)31(39,24-7-3-1-4-8-24)25-9-5-2-6-10-25/h1,3,7,22-23,25-28,34,39H,2,4-6,8-21H2,(H2,33,37). The molecule has 2 aliphatic carbocycles. The first kappa shape index (κ1) is 29.1. The van der Waals surface area contributed by atoms with E-state index < -0.39 is 5.60 Å². The second-order valence-corrected chi connectivity index (χ2v) is 13.4. The zero-order chi connectivity index (χ0) is 27.4. The maximum atomic E-state index is 13.9. The summed E-state index contributed by atoms with van der Waals surface area (Å²) in [5, 5.41) is 15.5. The second kappa shape index (κ2) is 13.1. The average molecular weight is 561 g/mol. The number of nitrogens with two attached hydrogens (primary N) is 1. The Labute approximate surface area is 239 Å². The van der Waals surface area contributed by atoms with Crippen molar-refractivity contribution < 1.29 is 14.7 Å². The van der Waals surface area contributed by atoms with Crippen molar-refractivity contribution in [2.24, 2.45) is 29.4 Å². The van der Waals surface area contributed by atoms with Gasteiger partial charge in [-0.2, -0.15) is 0 Å². The molecule has 5 rings (SSSR count). The first-order valence-corrected chi connectivity index (χ1v) is 16.1. The molecule has 0 bridgehead atoms. The number of primary amides is 1. The van der Waals surface area contributed by atoms with Gasteiger partial charge in [0.1, 0.15) is 0 Å². The summed E-state index contributed by atoms with van der Waals surface area (Å²) < 4.78 is 0. The van der Waals surface area contributed by atoms with Crippen molar-refractivity contribution in [2.75, 3.05) is 26.2 Å². The highest BCUT2D eigenvalue weighted by Gasteiger charge is 2.49. The van der Waals surface area contributed by atoms with E-state index in [4.69, 9.17) is 17.3 Å². The first-order chi connectivity index (χ1) is 18.9. The molecule has 4 unspecified atom stereocenters. The first-order valence-electron chi connectivity index (χ1n) is 15.7. The molecule has 218 valence electrons. The summed E-state index contributed by atoms with van der Waals surface area (Å²) in [4.78, 5) is 30.0. The zero-order valence-electron chi connectivity index (χ0n) is 23.5. The SMILES string of the molecule is NC(=O)C1CCC(N2CCC(CC3CCN(C(=O)C(O)(C4=CC=CCC4)C4CCCCC4)CC3)CC2)NC1Cl. The smallest absolute Gasteiger partial charge is 0.259 e. The summed E-state index contributed by atoms with van der Waals surface area (Å²) in [5.74, 6) is 0.803. The van der Waals surface area contributed by atoms with Crippen LogP contribution in [0.1, 0.15) is 89.9 Å². The van der Waals surface area contributed by atoms with E-state index in [9.17, 15) is 14.7 Å². The van der Waals surface area contributed by atoms with Crippen molar-refractivity contribution in [2.45, 2.75) is 107 Å². The highest BCUT2D eigenvalue weighted by molar-refractivity contribution is 6.21. The number of likely N-dealkylation sites (tertiary alicyclic amines) is 2. The van der Waals surface area contributed by atoms with E-state index in [2.05, 4.69) is 16.3 Å². The minimum atomic E-state index is -1.32. The summed E-state index contributed by atoms with van der Waals surface area (Å²) in [6.45, 7) is 3.65. The fourth-order valence-corrected chi connectivity index (χ4v) is 8.44. The van der Waals surface area contributed by atoms with E-state index in [1.165, 1.54) is 25.7 Å². The van der Waals surface area contributed by atoms with Gasteiger partial charge in [0.15, 0.2) is 5.60 Å². The van der Waals surface area contributed by atoms with Crippen molar-refractivity contribution in [3.05, 3.63) is 23.8 Å². The molecule has 0 spiro atoms. The maximum Gasteiger partial charge on any atom is 0.259 e. The van der Waals surface area contributed by atoms with E-state index in [0.29, 0.717) is 5.92 Å². The normalized spacial score (nSPS) is 32.0. The third-order valence-corrected chi connectivity index (χ3v) is 10.9. The molecule has 2 amide bonds. The average Bonchev–Trinajstić information content (AvgIpc) is 2.98. The molecule has 4 atom stereocenters. The number of carbonyl (C=O) groups excluding carboxylic acids is 2. The Morgan fingerprint density at radius 2 is 1.64 bits per heavy atom. The predicted molar refractivity (Wildman–Crippen MR) is 155 cm³/mol. The van der Waals surface area contributed by atoms with Gasteiger partial charge in [-0.3, -0.25) is 19.8 Å². The topological polar surface area (TPSA) is 98.9 Å². The van der Waals surface area contributed by atoms with Crippen LogP contribution in [0.15, 0.2) is 23.8 Å². The lowest BCUT2D eigenvalue weighted by Crippen LogP contribution is -2.57. The molecule has 0 aromatic carbocycles.